The fraction of sp³-hybridized carbons (Fsp3) is 0.636. The Hall–Kier alpha value is -2.24. The average Bonchev–Trinajstić information content (AvgIpc) is 2.73. The highest BCUT2D eigenvalue weighted by Crippen LogP contribution is 2.34. The van der Waals surface area contributed by atoms with Crippen molar-refractivity contribution in [1.82, 2.24) is 10.2 Å². The molecule has 28 heavy (non-hydrogen) atoms. The number of piperidine rings is 1. The molecule has 3 unspecified atom stereocenters. The van der Waals surface area contributed by atoms with Crippen LogP contribution >= 0.6 is 0 Å². The first kappa shape index (κ1) is 19.1. The topological polar surface area (TPSA) is 67.9 Å². The molecule has 0 radical (unpaired) electrons. The number of ether oxygens (including phenoxy) is 2. The minimum absolute atomic E-state index is 0.0860. The largest absolute Gasteiger partial charge is 0.482 e. The summed E-state index contributed by atoms with van der Waals surface area (Å²) < 4.78 is 11.8. The lowest BCUT2D eigenvalue weighted by molar-refractivity contribution is -0.147. The number of nitrogens with zero attached hydrogens (tertiary/aromatic N) is 1. The van der Waals surface area contributed by atoms with Gasteiger partial charge in [0.05, 0.1) is 5.92 Å². The maximum Gasteiger partial charge on any atom is 0.267 e. The molecule has 4 rings (SSSR count). The number of benzene rings is 1. The predicted octanol–water partition coefficient (Wildman–Crippen LogP) is 2.90. The van der Waals surface area contributed by atoms with Gasteiger partial charge in [-0.1, -0.05) is 31.4 Å². The number of carbonyl (C=O) groups is 2. The number of carbonyl (C=O) groups excluding carboxylic acids is 2. The lowest BCUT2D eigenvalue weighted by Crippen LogP contribution is -2.54. The number of para-hydroxylation sites is 2. The Morgan fingerprint density at radius 2 is 1.71 bits per heavy atom. The van der Waals surface area contributed by atoms with Crippen molar-refractivity contribution in [2.75, 3.05) is 13.1 Å². The van der Waals surface area contributed by atoms with E-state index in [-0.39, 0.29) is 23.8 Å². The van der Waals surface area contributed by atoms with E-state index >= 15 is 0 Å². The fourth-order valence-corrected chi connectivity index (χ4v) is 4.53. The SMILES string of the molecule is CC1Oc2ccccc2OC1C(=O)N1CCCC(C(=O)NC2CCCCC2)C1. The molecule has 1 aromatic carbocycles. The third kappa shape index (κ3) is 4.10. The first-order valence-corrected chi connectivity index (χ1v) is 10.6. The average molecular weight is 386 g/mol. The lowest BCUT2D eigenvalue weighted by atomic mass is 9.92. The molecule has 1 saturated carbocycles. The number of nitrogens with one attached hydrogen (secondary N) is 1. The van der Waals surface area contributed by atoms with Crippen LogP contribution in [0, 0.1) is 5.92 Å². The minimum atomic E-state index is -0.671. The van der Waals surface area contributed by atoms with Crippen molar-refractivity contribution in [1.29, 1.82) is 0 Å². The van der Waals surface area contributed by atoms with Gasteiger partial charge >= 0.3 is 0 Å². The Morgan fingerprint density at radius 1 is 1.00 bits per heavy atom. The van der Waals surface area contributed by atoms with Gasteiger partial charge in [-0.2, -0.15) is 0 Å². The van der Waals surface area contributed by atoms with Crippen LogP contribution in [0.4, 0.5) is 0 Å². The third-order valence-electron chi connectivity index (χ3n) is 6.14. The highest BCUT2D eigenvalue weighted by Gasteiger charge is 2.39. The highest BCUT2D eigenvalue weighted by molar-refractivity contribution is 5.84. The van der Waals surface area contributed by atoms with E-state index in [9.17, 15) is 9.59 Å². The molecule has 152 valence electrons. The van der Waals surface area contributed by atoms with E-state index in [0.29, 0.717) is 30.6 Å². The van der Waals surface area contributed by atoms with Crippen LogP contribution < -0.4 is 14.8 Å². The molecule has 1 aromatic rings. The van der Waals surface area contributed by atoms with Crippen molar-refractivity contribution in [2.45, 2.75) is 70.1 Å². The zero-order valence-electron chi connectivity index (χ0n) is 16.6. The van der Waals surface area contributed by atoms with Crippen molar-refractivity contribution < 1.29 is 19.1 Å². The van der Waals surface area contributed by atoms with Crippen LogP contribution in [0.3, 0.4) is 0 Å². The number of likely N-dealkylation sites (tertiary alicyclic amines) is 1. The Labute approximate surface area is 166 Å². The Balaban J connectivity index is 1.37. The van der Waals surface area contributed by atoms with Gasteiger partial charge in [0, 0.05) is 19.1 Å². The Kier molecular flexibility index (Phi) is 5.74. The van der Waals surface area contributed by atoms with Crippen LogP contribution in [-0.4, -0.2) is 48.1 Å². The van der Waals surface area contributed by atoms with Gasteiger partial charge in [-0.3, -0.25) is 9.59 Å². The summed E-state index contributed by atoms with van der Waals surface area (Å²) in [4.78, 5) is 27.6. The number of amides is 2. The van der Waals surface area contributed by atoms with Gasteiger partial charge in [0.15, 0.2) is 11.5 Å². The van der Waals surface area contributed by atoms with E-state index in [4.69, 9.17) is 9.47 Å². The molecular weight excluding hydrogens is 356 g/mol. The van der Waals surface area contributed by atoms with Gasteiger partial charge in [-0.15, -0.1) is 0 Å². The zero-order valence-corrected chi connectivity index (χ0v) is 16.6. The van der Waals surface area contributed by atoms with E-state index < -0.39 is 6.10 Å². The second-order valence-corrected chi connectivity index (χ2v) is 8.28. The van der Waals surface area contributed by atoms with Crippen LogP contribution in [0.15, 0.2) is 24.3 Å². The molecule has 0 spiro atoms. The third-order valence-corrected chi connectivity index (χ3v) is 6.14. The molecule has 2 heterocycles. The first-order valence-electron chi connectivity index (χ1n) is 10.6. The second-order valence-electron chi connectivity index (χ2n) is 8.28. The minimum Gasteiger partial charge on any atom is -0.482 e. The predicted molar refractivity (Wildman–Crippen MR) is 105 cm³/mol. The van der Waals surface area contributed by atoms with Crippen LogP contribution in [0.5, 0.6) is 11.5 Å². The molecule has 3 aliphatic rings. The monoisotopic (exact) mass is 386 g/mol. The van der Waals surface area contributed by atoms with Gasteiger partial charge in [-0.05, 0) is 44.7 Å². The Morgan fingerprint density at radius 3 is 2.46 bits per heavy atom. The molecule has 1 aliphatic carbocycles. The normalized spacial score (nSPS) is 27.9. The number of hydrogen-bond acceptors (Lipinski definition) is 4. The molecule has 3 atom stereocenters. The summed E-state index contributed by atoms with van der Waals surface area (Å²) in [6.07, 6.45) is 6.45. The molecule has 1 N–H and O–H groups in total. The quantitative estimate of drug-likeness (QED) is 0.867. The van der Waals surface area contributed by atoms with Gasteiger partial charge in [-0.25, -0.2) is 0 Å². The van der Waals surface area contributed by atoms with E-state index in [0.717, 1.165) is 25.7 Å². The first-order chi connectivity index (χ1) is 13.6. The maximum absolute atomic E-state index is 13.1. The standard InChI is InChI=1S/C22H30N2O4/c1-15-20(28-19-12-6-5-11-18(19)27-15)22(26)24-13-7-8-16(14-24)21(25)23-17-9-3-2-4-10-17/h5-6,11-12,15-17,20H,2-4,7-10,13-14H2,1H3,(H,23,25). The van der Waals surface area contributed by atoms with E-state index in [1.807, 2.05) is 31.2 Å². The molecule has 6 heteroatoms. The van der Waals surface area contributed by atoms with Crippen LogP contribution in [0.2, 0.25) is 0 Å². The number of fused-ring (bicyclic) bond motifs is 1. The summed E-state index contributed by atoms with van der Waals surface area (Å²) in [5.41, 5.74) is 0. The molecule has 2 aliphatic heterocycles. The lowest BCUT2D eigenvalue weighted by Gasteiger charge is -2.38. The fourth-order valence-electron chi connectivity index (χ4n) is 4.53. The van der Waals surface area contributed by atoms with Crippen molar-refractivity contribution in [3.8, 4) is 11.5 Å². The molecule has 2 amide bonds. The zero-order chi connectivity index (χ0) is 19.5. The van der Waals surface area contributed by atoms with Gasteiger partial charge in [0.2, 0.25) is 12.0 Å². The summed E-state index contributed by atoms with van der Waals surface area (Å²) in [6.45, 7) is 2.99. The van der Waals surface area contributed by atoms with Crippen molar-refractivity contribution in [3.63, 3.8) is 0 Å². The molecule has 0 bridgehead atoms. The Bertz CT molecular complexity index is 716. The van der Waals surface area contributed by atoms with Crippen LogP contribution in [-0.2, 0) is 9.59 Å². The van der Waals surface area contributed by atoms with E-state index in [1.54, 1.807) is 4.90 Å². The van der Waals surface area contributed by atoms with Gasteiger partial charge < -0.3 is 19.7 Å². The van der Waals surface area contributed by atoms with Gasteiger partial charge in [0.25, 0.3) is 5.91 Å². The highest BCUT2D eigenvalue weighted by atomic mass is 16.6. The molecule has 2 fully saturated rings. The maximum atomic E-state index is 13.1. The van der Waals surface area contributed by atoms with Crippen molar-refractivity contribution in [3.05, 3.63) is 24.3 Å². The summed E-state index contributed by atoms with van der Waals surface area (Å²) in [5.74, 6) is 1.15. The summed E-state index contributed by atoms with van der Waals surface area (Å²) >= 11 is 0. The molecule has 1 saturated heterocycles. The summed E-state index contributed by atoms with van der Waals surface area (Å²) in [6, 6.07) is 7.72. The summed E-state index contributed by atoms with van der Waals surface area (Å²) in [5, 5.41) is 3.22. The van der Waals surface area contributed by atoms with Crippen molar-refractivity contribution >= 4 is 11.8 Å². The van der Waals surface area contributed by atoms with Crippen molar-refractivity contribution in [2.24, 2.45) is 5.92 Å². The second kappa shape index (κ2) is 8.41. The van der Waals surface area contributed by atoms with Crippen LogP contribution in [0.25, 0.3) is 0 Å². The smallest absolute Gasteiger partial charge is 0.267 e. The summed E-state index contributed by atoms with van der Waals surface area (Å²) in [7, 11) is 0. The molecule has 6 nitrogen and oxygen atoms in total. The number of rotatable bonds is 3. The molecule has 0 aromatic heterocycles. The van der Waals surface area contributed by atoms with Gasteiger partial charge in [0.1, 0.15) is 6.10 Å². The van der Waals surface area contributed by atoms with E-state index in [2.05, 4.69) is 5.32 Å². The van der Waals surface area contributed by atoms with Crippen LogP contribution in [0.1, 0.15) is 51.9 Å². The van der Waals surface area contributed by atoms with E-state index in [1.165, 1.54) is 19.3 Å². The molecular formula is C22H30N2O4. The number of hydrogen-bond donors (Lipinski definition) is 1.